The smallest absolute Gasteiger partial charge is 0.220 e. The molecule has 126 valence electrons. The third-order valence-corrected chi connectivity index (χ3v) is 5.44. The molecule has 1 atom stereocenters. The van der Waals surface area contributed by atoms with Gasteiger partial charge in [0, 0.05) is 35.3 Å². The number of carbonyl (C=O) groups is 1. The molecule has 3 rings (SSSR count). The molecule has 0 aliphatic heterocycles. The quantitative estimate of drug-likeness (QED) is 0.723. The molecule has 0 bridgehead atoms. The SMILES string of the molecule is Cc1c(CCC(=O)NCC(O)c2cc3ccccc3s2)cnn1C. The Kier molecular flexibility index (Phi) is 4.97. The van der Waals surface area contributed by atoms with Crippen molar-refractivity contribution in [2.45, 2.75) is 25.9 Å². The van der Waals surface area contributed by atoms with Gasteiger partial charge in [-0.05, 0) is 36.4 Å². The van der Waals surface area contributed by atoms with E-state index in [-0.39, 0.29) is 12.5 Å². The predicted molar refractivity (Wildman–Crippen MR) is 96.1 cm³/mol. The molecule has 1 amide bonds. The van der Waals surface area contributed by atoms with Gasteiger partial charge in [-0.1, -0.05) is 18.2 Å². The Morgan fingerprint density at radius 2 is 2.21 bits per heavy atom. The van der Waals surface area contributed by atoms with Crippen molar-refractivity contribution in [1.82, 2.24) is 15.1 Å². The third-order valence-electron chi connectivity index (χ3n) is 4.22. The first-order chi connectivity index (χ1) is 11.5. The van der Waals surface area contributed by atoms with Gasteiger partial charge in [-0.3, -0.25) is 9.48 Å². The molecule has 24 heavy (non-hydrogen) atoms. The van der Waals surface area contributed by atoms with Gasteiger partial charge >= 0.3 is 0 Å². The van der Waals surface area contributed by atoms with Crippen LogP contribution >= 0.6 is 11.3 Å². The highest BCUT2D eigenvalue weighted by molar-refractivity contribution is 7.19. The monoisotopic (exact) mass is 343 g/mol. The highest BCUT2D eigenvalue weighted by Gasteiger charge is 2.13. The summed E-state index contributed by atoms with van der Waals surface area (Å²) < 4.78 is 2.95. The number of aromatic nitrogens is 2. The Bertz CT molecular complexity index is 820. The molecule has 0 aliphatic carbocycles. The molecule has 1 aromatic carbocycles. The van der Waals surface area contributed by atoms with Gasteiger partial charge in [0.05, 0.1) is 6.20 Å². The van der Waals surface area contributed by atoms with E-state index in [1.165, 1.54) is 0 Å². The lowest BCUT2D eigenvalue weighted by Gasteiger charge is -2.10. The van der Waals surface area contributed by atoms with Crippen molar-refractivity contribution in [3.05, 3.63) is 52.7 Å². The molecule has 5 nitrogen and oxygen atoms in total. The summed E-state index contributed by atoms with van der Waals surface area (Å²) in [5.74, 6) is -0.0570. The zero-order chi connectivity index (χ0) is 17.1. The molecule has 0 radical (unpaired) electrons. The number of benzene rings is 1. The fourth-order valence-electron chi connectivity index (χ4n) is 2.60. The lowest BCUT2D eigenvalue weighted by Crippen LogP contribution is -2.28. The van der Waals surface area contributed by atoms with Crippen LogP contribution < -0.4 is 5.32 Å². The number of fused-ring (bicyclic) bond motifs is 1. The summed E-state index contributed by atoms with van der Waals surface area (Å²) in [5, 5.41) is 18.4. The maximum Gasteiger partial charge on any atom is 0.220 e. The lowest BCUT2D eigenvalue weighted by molar-refractivity contribution is -0.121. The molecule has 2 heterocycles. The molecule has 2 N–H and O–H groups in total. The van der Waals surface area contributed by atoms with Crippen LogP contribution in [0.3, 0.4) is 0 Å². The number of aryl methyl sites for hydroxylation is 2. The number of hydrogen-bond donors (Lipinski definition) is 2. The summed E-state index contributed by atoms with van der Waals surface area (Å²) in [6.07, 6.45) is 2.18. The van der Waals surface area contributed by atoms with E-state index in [0.717, 1.165) is 26.2 Å². The maximum absolute atomic E-state index is 12.0. The second kappa shape index (κ2) is 7.15. The number of thiophene rings is 1. The zero-order valence-electron chi connectivity index (χ0n) is 13.8. The van der Waals surface area contributed by atoms with Crippen LogP contribution in [0, 0.1) is 6.92 Å². The fraction of sp³-hybridized carbons (Fsp3) is 0.333. The van der Waals surface area contributed by atoms with Crippen LogP contribution in [0.5, 0.6) is 0 Å². The van der Waals surface area contributed by atoms with Crippen LogP contribution in [-0.2, 0) is 18.3 Å². The van der Waals surface area contributed by atoms with Crippen LogP contribution in [-0.4, -0.2) is 27.3 Å². The Morgan fingerprint density at radius 1 is 1.42 bits per heavy atom. The fourth-order valence-corrected chi connectivity index (χ4v) is 3.65. The van der Waals surface area contributed by atoms with Crippen LogP contribution in [0.25, 0.3) is 10.1 Å². The summed E-state index contributed by atoms with van der Waals surface area (Å²) in [7, 11) is 1.89. The first kappa shape index (κ1) is 16.7. The number of carbonyl (C=O) groups excluding carboxylic acids is 1. The molecule has 3 aromatic rings. The van der Waals surface area contributed by atoms with Crippen LogP contribution in [0.15, 0.2) is 36.5 Å². The van der Waals surface area contributed by atoms with E-state index in [0.29, 0.717) is 12.8 Å². The number of aliphatic hydroxyl groups is 1. The minimum atomic E-state index is -0.675. The standard InChI is InChI=1S/C18H21N3O2S/c1-12-14(10-20-21(12)2)7-8-18(23)19-11-15(22)17-9-13-5-3-4-6-16(13)24-17/h3-6,9-10,15,22H,7-8,11H2,1-2H3,(H,19,23). The third kappa shape index (κ3) is 3.66. The van der Waals surface area contributed by atoms with Crippen molar-refractivity contribution < 1.29 is 9.90 Å². The first-order valence-electron chi connectivity index (χ1n) is 7.95. The molecular formula is C18H21N3O2S. The van der Waals surface area contributed by atoms with E-state index in [1.54, 1.807) is 22.2 Å². The topological polar surface area (TPSA) is 67.2 Å². The molecule has 0 saturated carbocycles. The molecule has 2 aromatic heterocycles. The van der Waals surface area contributed by atoms with Gasteiger partial charge in [-0.25, -0.2) is 0 Å². The number of nitrogens with one attached hydrogen (secondary N) is 1. The van der Waals surface area contributed by atoms with Crippen molar-refractivity contribution in [2.75, 3.05) is 6.54 Å². The lowest BCUT2D eigenvalue weighted by atomic mass is 10.1. The molecule has 1 unspecified atom stereocenters. The molecule has 0 saturated heterocycles. The Hall–Kier alpha value is -2.18. The molecule has 0 spiro atoms. The summed E-state index contributed by atoms with van der Waals surface area (Å²) >= 11 is 1.56. The Labute approximate surface area is 144 Å². The van der Waals surface area contributed by atoms with Crippen LogP contribution in [0.2, 0.25) is 0 Å². The number of amides is 1. The number of hydrogen-bond acceptors (Lipinski definition) is 4. The molecule has 0 aliphatic rings. The van der Waals surface area contributed by atoms with Crippen molar-refractivity contribution in [3.63, 3.8) is 0 Å². The van der Waals surface area contributed by atoms with Gasteiger partial charge in [0.1, 0.15) is 6.10 Å². The Balaban J connectivity index is 1.51. The minimum absolute atomic E-state index is 0.0570. The number of aliphatic hydroxyl groups excluding tert-OH is 1. The van der Waals surface area contributed by atoms with Gasteiger partial charge in [-0.15, -0.1) is 11.3 Å². The van der Waals surface area contributed by atoms with Crippen molar-refractivity contribution in [2.24, 2.45) is 7.05 Å². The Morgan fingerprint density at radius 3 is 2.92 bits per heavy atom. The van der Waals surface area contributed by atoms with E-state index in [2.05, 4.69) is 10.4 Å². The first-order valence-corrected chi connectivity index (χ1v) is 8.77. The van der Waals surface area contributed by atoms with Gasteiger partial charge in [-0.2, -0.15) is 5.10 Å². The van der Waals surface area contributed by atoms with Crippen molar-refractivity contribution in [3.8, 4) is 0 Å². The molecular weight excluding hydrogens is 322 g/mol. The van der Waals surface area contributed by atoms with E-state index in [9.17, 15) is 9.90 Å². The maximum atomic E-state index is 12.0. The highest BCUT2D eigenvalue weighted by Crippen LogP contribution is 2.29. The van der Waals surface area contributed by atoms with E-state index >= 15 is 0 Å². The number of rotatable bonds is 6. The molecule has 6 heteroatoms. The minimum Gasteiger partial charge on any atom is -0.386 e. The predicted octanol–water partition coefficient (Wildman–Crippen LogP) is 2.73. The second-order valence-corrected chi connectivity index (χ2v) is 7.00. The molecule has 0 fully saturated rings. The highest BCUT2D eigenvalue weighted by atomic mass is 32.1. The van der Waals surface area contributed by atoms with Gasteiger partial charge in [0.2, 0.25) is 5.91 Å². The van der Waals surface area contributed by atoms with Gasteiger partial charge in [0.25, 0.3) is 0 Å². The van der Waals surface area contributed by atoms with E-state index < -0.39 is 6.10 Å². The average molecular weight is 343 g/mol. The average Bonchev–Trinajstić information content (AvgIpc) is 3.15. The zero-order valence-corrected chi connectivity index (χ0v) is 14.6. The van der Waals surface area contributed by atoms with Crippen LogP contribution in [0.1, 0.15) is 28.7 Å². The second-order valence-electron chi connectivity index (χ2n) is 5.89. The normalized spacial score (nSPS) is 12.5. The summed E-state index contributed by atoms with van der Waals surface area (Å²) in [6.45, 7) is 2.23. The van der Waals surface area contributed by atoms with Crippen LogP contribution in [0.4, 0.5) is 0 Å². The summed E-state index contributed by atoms with van der Waals surface area (Å²) in [6, 6.07) is 10.0. The van der Waals surface area contributed by atoms with Crippen molar-refractivity contribution >= 4 is 27.3 Å². The largest absolute Gasteiger partial charge is 0.386 e. The summed E-state index contributed by atoms with van der Waals surface area (Å²) in [5.41, 5.74) is 2.16. The summed E-state index contributed by atoms with van der Waals surface area (Å²) in [4.78, 5) is 12.9. The van der Waals surface area contributed by atoms with Gasteiger partial charge < -0.3 is 10.4 Å². The van der Waals surface area contributed by atoms with E-state index in [4.69, 9.17) is 0 Å². The number of nitrogens with zero attached hydrogens (tertiary/aromatic N) is 2. The van der Waals surface area contributed by atoms with Gasteiger partial charge in [0.15, 0.2) is 0 Å². The van der Waals surface area contributed by atoms with Crippen molar-refractivity contribution in [1.29, 1.82) is 0 Å². The van der Waals surface area contributed by atoms with E-state index in [1.807, 2.05) is 44.3 Å².